The normalized spacial score (nSPS) is 14.7. The molecule has 0 radical (unpaired) electrons. The van der Waals surface area contributed by atoms with E-state index in [1.54, 1.807) is 0 Å². The minimum Gasteiger partial charge on any atom is -0.309 e. The summed E-state index contributed by atoms with van der Waals surface area (Å²) in [5, 5.41) is 2.52. The summed E-state index contributed by atoms with van der Waals surface area (Å²) in [6.07, 6.45) is 0. The molecule has 2 aliphatic carbocycles. The molecule has 0 saturated carbocycles. The summed E-state index contributed by atoms with van der Waals surface area (Å²) in [5.41, 5.74) is 16.6. The van der Waals surface area contributed by atoms with Crippen molar-refractivity contribution < 1.29 is 0 Å². The Balaban J connectivity index is 1.38. The molecule has 0 amide bonds. The zero-order chi connectivity index (χ0) is 31.9. The molecular formula is C46H37N. The highest BCUT2D eigenvalue weighted by atomic mass is 15.1. The molecule has 0 unspecified atom stereocenters. The Morgan fingerprint density at radius 2 is 1.00 bits per heavy atom. The second-order valence-electron chi connectivity index (χ2n) is 14.2. The predicted molar refractivity (Wildman–Crippen MR) is 199 cm³/mol. The molecule has 0 aliphatic heterocycles. The van der Waals surface area contributed by atoms with E-state index >= 15 is 0 Å². The molecule has 0 saturated heterocycles. The maximum atomic E-state index is 2.55. The summed E-state index contributed by atoms with van der Waals surface area (Å²) >= 11 is 0. The number of rotatable bonds is 4. The highest BCUT2D eigenvalue weighted by molar-refractivity contribution is 6.10. The van der Waals surface area contributed by atoms with Crippen LogP contribution in [0.25, 0.3) is 44.2 Å². The van der Waals surface area contributed by atoms with E-state index in [0.29, 0.717) is 0 Å². The van der Waals surface area contributed by atoms with E-state index in [4.69, 9.17) is 0 Å². The average molecular weight is 604 g/mol. The van der Waals surface area contributed by atoms with Gasteiger partial charge in [0.1, 0.15) is 0 Å². The molecule has 0 atom stereocenters. The van der Waals surface area contributed by atoms with Gasteiger partial charge < -0.3 is 4.90 Å². The van der Waals surface area contributed by atoms with Gasteiger partial charge in [0.25, 0.3) is 0 Å². The van der Waals surface area contributed by atoms with Gasteiger partial charge in [0.05, 0.1) is 5.69 Å². The second kappa shape index (κ2) is 10.0. The lowest BCUT2D eigenvalue weighted by atomic mass is 9.81. The van der Waals surface area contributed by atoms with Crippen LogP contribution in [0.2, 0.25) is 0 Å². The third-order valence-electron chi connectivity index (χ3n) is 10.8. The van der Waals surface area contributed by atoms with Gasteiger partial charge in [-0.1, -0.05) is 149 Å². The quantitative estimate of drug-likeness (QED) is 0.193. The van der Waals surface area contributed by atoms with E-state index in [2.05, 4.69) is 184 Å². The number of anilines is 3. The lowest BCUT2D eigenvalue weighted by molar-refractivity contribution is 0.660. The number of hydrogen-bond acceptors (Lipinski definition) is 1. The zero-order valence-electron chi connectivity index (χ0n) is 27.4. The minimum absolute atomic E-state index is 0.102. The van der Waals surface area contributed by atoms with Crippen molar-refractivity contribution in [1.82, 2.24) is 0 Å². The summed E-state index contributed by atoms with van der Waals surface area (Å²) in [7, 11) is 0. The van der Waals surface area contributed by atoms with Crippen LogP contribution in [-0.2, 0) is 10.8 Å². The molecule has 7 aromatic rings. The molecule has 226 valence electrons. The van der Waals surface area contributed by atoms with Gasteiger partial charge in [-0.3, -0.25) is 0 Å². The minimum atomic E-state index is -0.121. The van der Waals surface area contributed by atoms with Gasteiger partial charge in [-0.25, -0.2) is 0 Å². The van der Waals surface area contributed by atoms with Crippen LogP contribution in [0.15, 0.2) is 152 Å². The zero-order valence-corrected chi connectivity index (χ0v) is 27.4. The van der Waals surface area contributed by atoms with Gasteiger partial charge in [-0.05, 0) is 85.8 Å². The van der Waals surface area contributed by atoms with Crippen molar-refractivity contribution in [2.24, 2.45) is 0 Å². The number of fused-ring (bicyclic) bond motifs is 7. The van der Waals surface area contributed by atoms with Gasteiger partial charge in [0.15, 0.2) is 0 Å². The van der Waals surface area contributed by atoms with Crippen LogP contribution in [0.1, 0.15) is 49.9 Å². The molecule has 0 N–H and O–H groups in total. The summed E-state index contributed by atoms with van der Waals surface area (Å²) in [5.74, 6) is 0. The van der Waals surface area contributed by atoms with E-state index in [1.807, 2.05) is 0 Å². The Bertz CT molecular complexity index is 2360. The highest BCUT2D eigenvalue weighted by Gasteiger charge is 2.40. The van der Waals surface area contributed by atoms with Crippen molar-refractivity contribution in [3.63, 3.8) is 0 Å². The Kier molecular flexibility index (Phi) is 5.96. The Morgan fingerprint density at radius 1 is 0.404 bits per heavy atom. The van der Waals surface area contributed by atoms with Crippen molar-refractivity contribution in [3.8, 4) is 33.4 Å². The van der Waals surface area contributed by atoms with E-state index < -0.39 is 0 Å². The standard InChI is InChI=1S/C46H37N/c1-45(2)39-23-12-10-21-36(39)37-26-25-34(29-41(37)45)47(33-19-14-18-31(27-33)30-15-6-5-7-16-30)44-35-20-9-8-17-32(35)28-42-43(44)38-22-11-13-24-40(38)46(42,3)4/h5-29H,1-4H3. The lowest BCUT2D eigenvalue weighted by Crippen LogP contribution is -2.18. The fourth-order valence-electron chi connectivity index (χ4n) is 8.41. The van der Waals surface area contributed by atoms with E-state index in [9.17, 15) is 0 Å². The highest BCUT2D eigenvalue weighted by Crippen LogP contribution is 2.57. The summed E-state index contributed by atoms with van der Waals surface area (Å²) in [6, 6.07) is 56.3. The summed E-state index contributed by atoms with van der Waals surface area (Å²) in [6.45, 7) is 9.50. The molecule has 1 heteroatoms. The third kappa shape index (κ3) is 4.02. The molecular weight excluding hydrogens is 567 g/mol. The number of nitrogens with zero attached hydrogens (tertiary/aromatic N) is 1. The molecule has 0 heterocycles. The van der Waals surface area contributed by atoms with Gasteiger partial charge in [0, 0.05) is 33.2 Å². The van der Waals surface area contributed by atoms with E-state index in [1.165, 1.54) is 77.8 Å². The SMILES string of the molecule is CC1(C)c2ccccc2-c2ccc(N(c3cccc(-c4ccccc4)c3)c3c4c(cc5ccccc35)C(C)(C)c3ccccc3-4)cc21. The van der Waals surface area contributed by atoms with Gasteiger partial charge in [-0.15, -0.1) is 0 Å². The molecule has 47 heavy (non-hydrogen) atoms. The Hall–Kier alpha value is -5.40. The van der Waals surface area contributed by atoms with Crippen LogP contribution >= 0.6 is 0 Å². The van der Waals surface area contributed by atoms with Crippen LogP contribution in [-0.4, -0.2) is 0 Å². The van der Waals surface area contributed by atoms with E-state index in [0.717, 1.165) is 5.69 Å². The fourth-order valence-corrected chi connectivity index (χ4v) is 8.41. The van der Waals surface area contributed by atoms with Crippen LogP contribution in [0.4, 0.5) is 17.1 Å². The Labute approximate surface area is 277 Å². The maximum absolute atomic E-state index is 2.55. The van der Waals surface area contributed by atoms with E-state index in [-0.39, 0.29) is 10.8 Å². The van der Waals surface area contributed by atoms with Crippen LogP contribution in [0.5, 0.6) is 0 Å². The van der Waals surface area contributed by atoms with Crippen molar-refractivity contribution >= 4 is 27.8 Å². The van der Waals surface area contributed by atoms with Crippen molar-refractivity contribution in [3.05, 3.63) is 174 Å². The van der Waals surface area contributed by atoms with Crippen molar-refractivity contribution in [1.29, 1.82) is 0 Å². The maximum Gasteiger partial charge on any atom is 0.0621 e. The smallest absolute Gasteiger partial charge is 0.0621 e. The molecule has 7 aromatic carbocycles. The molecule has 9 rings (SSSR count). The van der Waals surface area contributed by atoms with Crippen LogP contribution in [0.3, 0.4) is 0 Å². The number of benzene rings is 7. The monoisotopic (exact) mass is 603 g/mol. The van der Waals surface area contributed by atoms with Gasteiger partial charge >= 0.3 is 0 Å². The van der Waals surface area contributed by atoms with Gasteiger partial charge in [-0.2, -0.15) is 0 Å². The van der Waals surface area contributed by atoms with Crippen molar-refractivity contribution in [2.75, 3.05) is 4.90 Å². The Morgan fingerprint density at radius 3 is 1.81 bits per heavy atom. The second-order valence-corrected chi connectivity index (χ2v) is 14.2. The number of hydrogen-bond donors (Lipinski definition) is 0. The predicted octanol–water partition coefficient (Wildman–Crippen LogP) is 12.6. The largest absolute Gasteiger partial charge is 0.309 e. The first-order chi connectivity index (χ1) is 22.8. The first kappa shape index (κ1) is 27.9. The molecule has 0 fully saturated rings. The van der Waals surface area contributed by atoms with Crippen LogP contribution < -0.4 is 4.90 Å². The average Bonchev–Trinajstić information content (AvgIpc) is 3.48. The molecule has 0 aromatic heterocycles. The molecule has 0 spiro atoms. The first-order valence-corrected chi connectivity index (χ1v) is 16.7. The molecule has 2 aliphatic rings. The first-order valence-electron chi connectivity index (χ1n) is 16.7. The molecule has 1 nitrogen and oxygen atoms in total. The third-order valence-corrected chi connectivity index (χ3v) is 10.8. The summed E-state index contributed by atoms with van der Waals surface area (Å²) in [4.78, 5) is 2.55. The fraction of sp³-hybridized carbons (Fsp3) is 0.130. The van der Waals surface area contributed by atoms with Gasteiger partial charge in [0.2, 0.25) is 0 Å². The van der Waals surface area contributed by atoms with Crippen LogP contribution in [0, 0.1) is 0 Å². The summed E-state index contributed by atoms with van der Waals surface area (Å²) < 4.78 is 0. The van der Waals surface area contributed by atoms with Crippen molar-refractivity contribution in [2.45, 2.75) is 38.5 Å². The molecule has 0 bridgehead atoms. The lowest BCUT2D eigenvalue weighted by Gasteiger charge is -2.32. The topological polar surface area (TPSA) is 3.24 Å².